The van der Waals surface area contributed by atoms with E-state index in [-0.39, 0.29) is 36.5 Å². The molecule has 0 saturated carbocycles. The van der Waals surface area contributed by atoms with Crippen LogP contribution in [0.1, 0.15) is 47.4 Å². The molecule has 0 radical (unpaired) electrons. The first-order chi connectivity index (χ1) is 14.4. The van der Waals surface area contributed by atoms with E-state index in [1.54, 1.807) is 48.5 Å². The lowest BCUT2D eigenvalue weighted by Crippen LogP contribution is -2.23. The van der Waals surface area contributed by atoms with E-state index >= 15 is 0 Å². The molecule has 0 saturated heterocycles. The summed E-state index contributed by atoms with van der Waals surface area (Å²) in [7, 11) is 0. The first-order valence-electron chi connectivity index (χ1n) is 9.79. The maximum Gasteiger partial charge on any atom is 0.251 e. The van der Waals surface area contributed by atoms with E-state index < -0.39 is 0 Å². The maximum absolute atomic E-state index is 12.1. The third kappa shape index (κ3) is 7.05. The standard InChI is InChI=1S/C22H26N4O4/c1-3-23-21(29)15-7-5-9-17(13-15)25-19(27)11-12-20(28)26-18-10-6-8-16(14-18)22(30)24-4-2/h5-10,13-14H,3-4,11-12H2,1-2H3,(H,23,29)(H,24,30)(H,25,27)(H,26,28). The quantitative estimate of drug-likeness (QED) is 0.508. The van der Waals surface area contributed by atoms with E-state index in [2.05, 4.69) is 21.3 Å². The molecule has 4 N–H and O–H groups in total. The van der Waals surface area contributed by atoms with Gasteiger partial charge in [-0.25, -0.2) is 0 Å². The predicted octanol–water partition coefficient (Wildman–Crippen LogP) is 2.54. The highest BCUT2D eigenvalue weighted by Gasteiger charge is 2.11. The van der Waals surface area contributed by atoms with Crippen LogP contribution in [0, 0.1) is 0 Å². The van der Waals surface area contributed by atoms with Gasteiger partial charge in [-0.15, -0.1) is 0 Å². The average molecular weight is 410 g/mol. The minimum atomic E-state index is -0.339. The summed E-state index contributed by atoms with van der Waals surface area (Å²) < 4.78 is 0. The maximum atomic E-state index is 12.1. The molecule has 2 rings (SSSR count). The zero-order valence-corrected chi connectivity index (χ0v) is 17.1. The van der Waals surface area contributed by atoms with E-state index in [1.807, 2.05) is 13.8 Å². The highest BCUT2D eigenvalue weighted by atomic mass is 16.2. The van der Waals surface area contributed by atoms with Gasteiger partial charge in [0, 0.05) is 48.4 Å². The van der Waals surface area contributed by atoms with Crippen LogP contribution in [0.2, 0.25) is 0 Å². The Morgan fingerprint density at radius 1 is 0.667 bits per heavy atom. The van der Waals surface area contributed by atoms with Crippen molar-refractivity contribution in [3.8, 4) is 0 Å². The summed E-state index contributed by atoms with van der Waals surface area (Å²) in [6.07, 6.45) is -0.0412. The van der Waals surface area contributed by atoms with Crippen LogP contribution < -0.4 is 21.3 Å². The van der Waals surface area contributed by atoms with Crippen LogP contribution in [0.25, 0.3) is 0 Å². The van der Waals surface area contributed by atoms with Gasteiger partial charge in [0.05, 0.1) is 0 Å². The number of carbonyl (C=O) groups excluding carboxylic acids is 4. The molecule has 8 nitrogen and oxygen atoms in total. The van der Waals surface area contributed by atoms with E-state index in [1.165, 1.54) is 0 Å². The molecule has 30 heavy (non-hydrogen) atoms. The third-order valence-corrected chi connectivity index (χ3v) is 4.07. The number of hydrogen-bond donors (Lipinski definition) is 4. The van der Waals surface area contributed by atoms with Crippen LogP contribution in [-0.2, 0) is 9.59 Å². The van der Waals surface area contributed by atoms with Gasteiger partial charge in [-0.2, -0.15) is 0 Å². The fourth-order valence-electron chi connectivity index (χ4n) is 2.68. The smallest absolute Gasteiger partial charge is 0.251 e. The van der Waals surface area contributed by atoms with Gasteiger partial charge in [-0.3, -0.25) is 19.2 Å². The zero-order chi connectivity index (χ0) is 21.9. The Bertz CT molecular complexity index is 851. The van der Waals surface area contributed by atoms with Crippen molar-refractivity contribution in [2.75, 3.05) is 23.7 Å². The lowest BCUT2D eigenvalue weighted by Gasteiger charge is -2.09. The Kier molecular flexibility index (Phi) is 8.56. The highest BCUT2D eigenvalue weighted by molar-refractivity contribution is 6.00. The monoisotopic (exact) mass is 410 g/mol. The summed E-state index contributed by atoms with van der Waals surface area (Å²) in [4.78, 5) is 48.0. The van der Waals surface area contributed by atoms with Crippen molar-refractivity contribution in [3.05, 3.63) is 59.7 Å². The molecule has 0 fully saturated rings. The molecule has 0 atom stereocenters. The highest BCUT2D eigenvalue weighted by Crippen LogP contribution is 2.13. The second kappa shape index (κ2) is 11.4. The van der Waals surface area contributed by atoms with Gasteiger partial charge in [0.2, 0.25) is 11.8 Å². The molecule has 0 heterocycles. The normalized spacial score (nSPS) is 10.1. The molecule has 4 amide bonds. The molecule has 0 aliphatic heterocycles. The van der Waals surface area contributed by atoms with E-state index in [0.29, 0.717) is 35.6 Å². The minimum Gasteiger partial charge on any atom is -0.352 e. The first-order valence-corrected chi connectivity index (χ1v) is 9.79. The van der Waals surface area contributed by atoms with Crippen molar-refractivity contribution < 1.29 is 19.2 Å². The summed E-state index contributed by atoms with van der Waals surface area (Å²) in [5.41, 5.74) is 1.86. The van der Waals surface area contributed by atoms with Crippen molar-refractivity contribution in [2.45, 2.75) is 26.7 Å². The Hall–Kier alpha value is -3.68. The molecule has 0 spiro atoms. The topological polar surface area (TPSA) is 116 Å². The predicted molar refractivity (Wildman–Crippen MR) is 115 cm³/mol. The summed E-state index contributed by atoms with van der Waals surface area (Å²) in [6.45, 7) is 4.67. The van der Waals surface area contributed by atoms with Crippen LogP contribution in [-0.4, -0.2) is 36.7 Å². The van der Waals surface area contributed by atoms with Gasteiger partial charge < -0.3 is 21.3 Å². The molecule has 0 unspecified atom stereocenters. The number of benzene rings is 2. The van der Waals surface area contributed by atoms with Gasteiger partial charge in [-0.1, -0.05) is 12.1 Å². The Morgan fingerprint density at radius 3 is 1.43 bits per heavy atom. The molecule has 0 aliphatic carbocycles. The Labute approximate surface area is 175 Å². The molecule has 0 bridgehead atoms. The van der Waals surface area contributed by atoms with E-state index in [9.17, 15) is 19.2 Å². The van der Waals surface area contributed by atoms with Crippen molar-refractivity contribution in [2.24, 2.45) is 0 Å². The Morgan fingerprint density at radius 2 is 1.07 bits per heavy atom. The van der Waals surface area contributed by atoms with Gasteiger partial charge in [0.15, 0.2) is 0 Å². The number of anilines is 2. The Balaban J connectivity index is 1.86. The second-order valence-corrected chi connectivity index (χ2v) is 6.48. The first kappa shape index (κ1) is 22.6. The van der Waals surface area contributed by atoms with Crippen molar-refractivity contribution in [1.82, 2.24) is 10.6 Å². The lowest BCUT2D eigenvalue weighted by atomic mass is 10.1. The molecular weight excluding hydrogens is 384 g/mol. The van der Waals surface area contributed by atoms with Gasteiger partial charge in [0.25, 0.3) is 11.8 Å². The fourth-order valence-corrected chi connectivity index (χ4v) is 2.68. The SMILES string of the molecule is CCNC(=O)c1cccc(NC(=O)CCC(=O)Nc2cccc(C(=O)NCC)c2)c1. The average Bonchev–Trinajstić information content (AvgIpc) is 2.73. The largest absolute Gasteiger partial charge is 0.352 e. The summed E-state index contributed by atoms with van der Waals surface area (Å²) >= 11 is 0. The lowest BCUT2D eigenvalue weighted by molar-refractivity contribution is -0.121. The molecule has 8 heteroatoms. The van der Waals surface area contributed by atoms with Crippen LogP contribution in [0.15, 0.2) is 48.5 Å². The third-order valence-electron chi connectivity index (χ3n) is 4.07. The molecule has 0 aromatic heterocycles. The van der Waals surface area contributed by atoms with Crippen molar-refractivity contribution >= 4 is 35.0 Å². The van der Waals surface area contributed by atoms with Gasteiger partial charge >= 0.3 is 0 Å². The zero-order valence-electron chi connectivity index (χ0n) is 17.1. The van der Waals surface area contributed by atoms with Crippen molar-refractivity contribution in [3.63, 3.8) is 0 Å². The number of hydrogen-bond acceptors (Lipinski definition) is 4. The minimum absolute atomic E-state index is 0.0206. The molecule has 2 aromatic rings. The van der Waals surface area contributed by atoms with Crippen LogP contribution in [0.5, 0.6) is 0 Å². The molecule has 158 valence electrons. The van der Waals surface area contributed by atoms with E-state index in [0.717, 1.165) is 0 Å². The second-order valence-electron chi connectivity index (χ2n) is 6.48. The number of carbonyl (C=O) groups is 4. The van der Waals surface area contributed by atoms with Crippen molar-refractivity contribution in [1.29, 1.82) is 0 Å². The molecule has 2 aromatic carbocycles. The van der Waals surface area contributed by atoms with Crippen LogP contribution in [0.4, 0.5) is 11.4 Å². The molecular formula is C22H26N4O4. The van der Waals surface area contributed by atoms with Crippen LogP contribution >= 0.6 is 0 Å². The number of nitrogens with one attached hydrogen (secondary N) is 4. The summed E-state index contributed by atoms with van der Waals surface area (Å²) in [5, 5.41) is 10.8. The number of amides is 4. The summed E-state index contributed by atoms with van der Waals surface area (Å²) in [6, 6.07) is 13.2. The van der Waals surface area contributed by atoms with Gasteiger partial charge in [0.1, 0.15) is 0 Å². The fraction of sp³-hybridized carbons (Fsp3) is 0.273. The summed E-state index contributed by atoms with van der Waals surface area (Å²) in [5.74, 6) is -1.12. The van der Waals surface area contributed by atoms with Gasteiger partial charge in [-0.05, 0) is 50.2 Å². The number of rotatable bonds is 9. The van der Waals surface area contributed by atoms with Crippen LogP contribution in [0.3, 0.4) is 0 Å². The van der Waals surface area contributed by atoms with E-state index in [4.69, 9.17) is 0 Å². The molecule has 0 aliphatic rings.